The Morgan fingerprint density at radius 2 is 2.00 bits per heavy atom. The summed E-state index contributed by atoms with van der Waals surface area (Å²) in [4.78, 5) is 9.77. The number of nitro groups is 1. The largest absolute Gasteiger partial charge is 0.264 e. The Morgan fingerprint density at radius 1 is 1.36 bits per heavy atom. The molecule has 0 heterocycles. The van der Waals surface area contributed by atoms with Crippen molar-refractivity contribution in [2.75, 3.05) is 6.54 Å². The third kappa shape index (κ3) is 4.23. The molecule has 0 aliphatic rings. The van der Waals surface area contributed by atoms with Gasteiger partial charge in [-0.2, -0.15) is 0 Å². The molecule has 1 unspecified atom stereocenters. The number of alkyl halides is 1. The zero-order valence-corrected chi connectivity index (χ0v) is 8.48. The Balaban J connectivity index is 2.30. The fourth-order valence-corrected chi connectivity index (χ4v) is 1.44. The molecule has 0 aliphatic carbocycles. The number of nitrogens with zero attached hydrogens (tertiary/aromatic N) is 1. The number of rotatable bonds is 5. The summed E-state index contributed by atoms with van der Waals surface area (Å²) in [5, 5.41) is 9.77. The standard InChI is InChI=1S/C10H12ClNO2/c11-10(8-12(13)14)7-6-9-4-2-1-3-5-9/h1-5,10H,6-8H2. The molecule has 0 aromatic heterocycles. The van der Waals surface area contributed by atoms with E-state index in [1.807, 2.05) is 30.3 Å². The summed E-state index contributed by atoms with van der Waals surface area (Å²) in [6.07, 6.45) is 1.44. The second-order valence-corrected chi connectivity index (χ2v) is 3.75. The number of aryl methyl sites for hydroxylation is 1. The minimum atomic E-state index is -0.372. The average Bonchev–Trinajstić information content (AvgIpc) is 2.15. The van der Waals surface area contributed by atoms with Gasteiger partial charge in [-0.05, 0) is 18.4 Å². The maximum Gasteiger partial charge on any atom is 0.220 e. The highest BCUT2D eigenvalue weighted by atomic mass is 35.5. The first-order valence-electron chi connectivity index (χ1n) is 4.48. The number of halogens is 1. The quantitative estimate of drug-likeness (QED) is 0.429. The van der Waals surface area contributed by atoms with E-state index in [1.165, 1.54) is 5.56 Å². The summed E-state index contributed by atoms with van der Waals surface area (Å²) < 4.78 is 0. The lowest BCUT2D eigenvalue weighted by Gasteiger charge is -2.04. The van der Waals surface area contributed by atoms with Crippen LogP contribution < -0.4 is 0 Å². The SMILES string of the molecule is O=[N+]([O-])CC(Cl)CCc1ccccc1. The predicted molar refractivity (Wildman–Crippen MR) is 56.3 cm³/mol. The second-order valence-electron chi connectivity index (χ2n) is 3.14. The van der Waals surface area contributed by atoms with Crippen LogP contribution in [-0.2, 0) is 6.42 Å². The van der Waals surface area contributed by atoms with Gasteiger partial charge in [0, 0.05) is 4.92 Å². The highest BCUT2D eigenvalue weighted by molar-refractivity contribution is 6.20. The van der Waals surface area contributed by atoms with Gasteiger partial charge in [-0.15, -0.1) is 11.6 Å². The second kappa shape index (κ2) is 5.60. The molecule has 1 rings (SSSR count). The molecule has 0 bridgehead atoms. The molecule has 14 heavy (non-hydrogen) atoms. The topological polar surface area (TPSA) is 43.1 Å². The van der Waals surface area contributed by atoms with E-state index < -0.39 is 0 Å². The Morgan fingerprint density at radius 3 is 2.57 bits per heavy atom. The van der Waals surface area contributed by atoms with Crippen LogP contribution in [0.2, 0.25) is 0 Å². The highest BCUT2D eigenvalue weighted by Crippen LogP contribution is 2.09. The van der Waals surface area contributed by atoms with Gasteiger partial charge < -0.3 is 0 Å². The van der Waals surface area contributed by atoms with Gasteiger partial charge in [0.05, 0.1) is 5.38 Å². The van der Waals surface area contributed by atoms with Crippen molar-refractivity contribution in [2.24, 2.45) is 0 Å². The molecule has 0 amide bonds. The molecule has 1 aromatic carbocycles. The van der Waals surface area contributed by atoms with Crippen LogP contribution in [-0.4, -0.2) is 16.8 Å². The molecule has 0 N–H and O–H groups in total. The summed E-state index contributed by atoms with van der Waals surface area (Å²) in [6.45, 7) is -0.158. The minimum absolute atomic E-state index is 0.158. The first-order chi connectivity index (χ1) is 6.68. The van der Waals surface area contributed by atoms with Crippen LogP contribution in [0.15, 0.2) is 30.3 Å². The van der Waals surface area contributed by atoms with E-state index in [1.54, 1.807) is 0 Å². The monoisotopic (exact) mass is 213 g/mol. The van der Waals surface area contributed by atoms with E-state index in [0.29, 0.717) is 6.42 Å². The van der Waals surface area contributed by atoms with Gasteiger partial charge >= 0.3 is 0 Å². The van der Waals surface area contributed by atoms with Gasteiger partial charge in [-0.3, -0.25) is 10.1 Å². The van der Waals surface area contributed by atoms with Crippen LogP contribution in [0.4, 0.5) is 0 Å². The maximum atomic E-state index is 10.1. The zero-order chi connectivity index (χ0) is 10.4. The number of hydrogen-bond donors (Lipinski definition) is 0. The first kappa shape index (κ1) is 11.0. The van der Waals surface area contributed by atoms with Crippen molar-refractivity contribution in [3.63, 3.8) is 0 Å². The molecule has 4 heteroatoms. The van der Waals surface area contributed by atoms with Crippen LogP contribution in [0.1, 0.15) is 12.0 Å². The van der Waals surface area contributed by atoms with Crippen LogP contribution in [0, 0.1) is 10.1 Å². The average molecular weight is 214 g/mol. The summed E-state index contributed by atoms with van der Waals surface area (Å²) in [5.74, 6) is 0. The van der Waals surface area contributed by atoms with Gasteiger partial charge in [0.25, 0.3) is 0 Å². The Bertz CT molecular complexity index is 289. The molecule has 1 aromatic rings. The van der Waals surface area contributed by atoms with E-state index in [9.17, 15) is 10.1 Å². The van der Waals surface area contributed by atoms with E-state index >= 15 is 0 Å². The Kier molecular flexibility index (Phi) is 4.40. The molecule has 3 nitrogen and oxygen atoms in total. The highest BCUT2D eigenvalue weighted by Gasteiger charge is 2.11. The summed E-state index contributed by atoms with van der Waals surface area (Å²) in [7, 11) is 0. The van der Waals surface area contributed by atoms with Crippen LogP contribution in [0.25, 0.3) is 0 Å². The third-order valence-electron chi connectivity index (χ3n) is 1.94. The van der Waals surface area contributed by atoms with Gasteiger partial charge in [-0.1, -0.05) is 30.3 Å². The number of benzene rings is 1. The van der Waals surface area contributed by atoms with E-state index in [4.69, 9.17) is 11.6 Å². The minimum Gasteiger partial charge on any atom is -0.264 e. The van der Waals surface area contributed by atoms with Gasteiger partial charge in [0.2, 0.25) is 6.54 Å². The molecule has 76 valence electrons. The third-order valence-corrected chi connectivity index (χ3v) is 2.29. The van der Waals surface area contributed by atoms with E-state index in [0.717, 1.165) is 6.42 Å². The smallest absolute Gasteiger partial charge is 0.220 e. The van der Waals surface area contributed by atoms with Gasteiger partial charge in [0.15, 0.2) is 0 Å². The van der Waals surface area contributed by atoms with E-state index in [2.05, 4.69) is 0 Å². The molecule has 0 saturated carbocycles. The molecule has 0 radical (unpaired) electrons. The summed E-state index contributed by atoms with van der Waals surface area (Å²) >= 11 is 5.78. The van der Waals surface area contributed by atoms with Crippen LogP contribution in [0.5, 0.6) is 0 Å². The lowest BCUT2D eigenvalue weighted by molar-refractivity contribution is -0.479. The van der Waals surface area contributed by atoms with Gasteiger partial charge in [-0.25, -0.2) is 0 Å². The normalized spacial score (nSPS) is 12.4. The van der Waals surface area contributed by atoms with Crippen molar-refractivity contribution in [3.8, 4) is 0 Å². The molecule has 0 spiro atoms. The summed E-state index contributed by atoms with van der Waals surface area (Å²) in [5.41, 5.74) is 1.17. The predicted octanol–water partition coefficient (Wildman–Crippen LogP) is 2.50. The Labute approximate surface area is 87.8 Å². The van der Waals surface area contributed by atoms with Crippen LogP contribution >= 0.6 is 11.6 Å². The molecular formula is C10H12ClNO2. The maximum absolute atomic E-state index is 10.1. The van der Waals surface area contributed by atoms with Crippen molar-refractivity contribution in [2.45, 2.75) is 18.2 Å². The molecule has 0 saturated heterocycles. The first-order valence-corrected chi connectivity index (χ1v) is 4.92. The van der Waals surface area contributed by atoms with Crippen molar-refractivity contribution in [1.82, 2.24) is 0 Å². The summed E-state index contributed by atoms with van der Waals surface area (Å²) in [6, 6.07) is 9.84. The fraction of sp³-hybridized carbons (Fsp3) is 0.400. The van der Waals surface area contributed by atoms with Crippen molar-refractivity contribution in [1.29, 1.82) is 0 Å². The number of hydrogen-bond acceptors (Lipinski definition) is 2. The molecule has 1 atom stereocenters. The molecular weight excluding hydrogens is 202 g/mol. The van der Waals surface area contributed by atoms with Crippen molar-refractivity contribution >= 4 is 11.6 Å². The molecule has 0 aliphatic heterocycles. The fourth-order valence-electron chi connectivity index (χ4n) is 1.22. The lowest BCUT2D eigenvalue weighted by atomic mass is 10.1. The van der Waals surface area contributed by atoms with Crippen molar-refractivity contribution in [3.05, 3.63) is 46.0 Å². The molecule has 0 fully saturated rings. The van der Waals surface area contributed by atoms with Crippen LogP contribution in [0.3, 0.4) is 0 Å². The van der Waals surface area contributed by atoms with Crippen molar-refractivity contribution < 1.29 is 4.92 Å². The Hall–Kier alpha value is -1.09. The van der Waals surface area contributed by atoms with Gasteiger partial charge in [0.1, 0.15) is 0 Å². The lowest BCUT2D eigenvalue weighted by Crippen LogP contribution is -2.14. The van der Waals surface area contributed by atoms with E-state index in [-0.39, 0.29) is 16.8 Å². The zero-order valence-electron chi connectivity index (χ0n) is 7.73.